The van der Waals surface area contributed by atoms with Gasteiger partial charge in [-0.2, -0.15) is 0 Å². The van der Waals surface area contributed by atoms with Crippen LogP contribution in [0.2, 0.25) is 0 Å². The third-order valence-corrected chi connectivity index (χ3v) is 5.55. The van der Waals surface area contributed by atoms with E-state index in [9.17, 15) is 14.4 Å². The highest BCUT2D eigenvalue weighted by Crippen LogP contribution is 2.26. The van der Waals surface area contributed by atoms with Crippen LogP contribution in [0.4, 0.5) is 17.2 Å². The van der Waals surface area contributed by atoms with Crippen molar-refractivity contribution in [2.24, 2.45) is 0 Å². The minimum Gasteiger partial charge on any atom is -0.485 e. The van der Waals surface area contributed by atoms with Crippen LogP contribution in [0.1, 0.15) is 25.1 Å². The second-order valence-electron chi connectivity index (χ2n) is 8.61. The van der Waals surface area contributed by atoms with Crippen molar-refractivity contribution in [3.8, 4) is 5.75 Å². The average molecular weight is 474 g/mol. The highest BCUT2D eigenvalue weighted by Gasteiger charge is 2.29. The normalized spacial score (nSPS) is 12.0. The molecule has 3 aromatic carbocycles. The van der Waals surface area contributed by atoms with Gasteiger partial charge < -0.3 is 20.1 Å². The maximum atomic E-state index is 12.4. The van der Waals surface area contributed by atoms with E-state index in [-0.39, 0.29) is 24.0 Å². The zero-order valence-electron chi connectivity index (χ0n) is 20.0. The number of methoxy groups -OCH3 is 1. The first-order chi connectivity index (χ1) is 16.8. The molecule has 0 spiro atoms. The number of nitrogens with zero attached hydrogens (tertiary/aromatic N) is 1. The predicted molar refractivity (Wildman–Crippen MR) is 136 cm³/mol. The van der Waals surface area contributed by atoms with Crippen molar-refractivity contribution in [1.82, 2.24) is 4.98 Å². The number of aromatic nitrogens is 1. The number of carbonyl (C=O) groups excluding carboxylic acids is 1. The summed E-state index contributed by atoms with van der Waals surface area (Å²) >= 11 is 0. The molecule has 35 heavy (non-hydrogen) atoms. The standard InChI is InChI=1S/C27H27N3O5/c1-15(2)35-25-22(23(31)24(25)32)30-21(27(33)34-4)14-17-9-11-19(12-10-17)29-26-20-8-6-5-7-18(20)13-16(3)28-26/h5-13,15,21,30H,14H2,1-4H3,(H,28,29). The predicted octanol–water partition coefficient (Wildman–Crippen LogP) is 3.87. The highest BCUT2D eigenvalue weighted by atomic mass is 16.5. The number of nitrogens with one attached hydrogen (secondary N) is 2. The molecular formula is C27H27N3O5. The fourth-order valence-corrected chi connectivity index (χ4v) is 3.88. The van der Waals surface area contributed by atoms with Crippen molar-refractivity contribution in [2.45, 2.75) is 39.3 Å². The first-order valence-corrected chi connectivity index (χ1v) is 11.3. The lowest BCUT2D eigenvalue weighted by molar-refractivity contribution is -0.141. The molecule has 0 bridgehead atoms. The zero-order valence-corrected chi connectivity index (χ0v) is 20.0. The monoisotopic (exact) mass is 473 g/mol. The summed E-state index contributed by atoms with van der Waals surface area (Å²) in [7, 11) is 1.27. The quantitative estimate of drug-likeness (QED) is 0.279. The first kappa shape index (κ1) is 23.9. The van der Waals surface area contributed by atoms with Crippen LogP contribution in [-0.4, -0.2) is 30.2 Å². The lowest BCUT2D eigenvalue weighted by Crippen LogP contribution is -2.42. The molecule has 0 amide bonds. The van der Waals surface area contributed by atoms with Gasteiger partial charge in [-0.25, -0.2) is 9.78 Å². The van der Waals surface area contributed by atoms with Gasteiger partial charge in [0.15, 0.2) is 5.75 Å². The molecule has 0 fully saturated rings. The third-order valence-electron chi connectivity index (χ3n) is 5.55. The van der Waals surface area contributed by atoms with Crippen LogP contribution in [-0.2, 0) is 16.0 Å². The number of carbonyl (C=O) groups is 1. The van der Waals surface area contributed by atoms with E-state index in [1.807, 2.05) is 61.5 Å². The Balaban J connectivity index is 1.52. The van der Waals surface area contributed by atoms with E-state index >= 15 is 0 Å². The van der Waals surface area contributed by atoms with Crippen LogP contribution in [0.5, 0.6) is 5.75 Å². The van der Waals surface area contributed by atoms with Gasteiger partial charge in [0.2, 0.25) is 0 Å². The summed E-state index contributed by atoms with van der Waals surface area (Å²) in [5, 5.41) is 8.34. The number of anilines is 3. The molecule has 0 aliphatic carbocycles. The molecule has 0 saturated heterocycles. The molecule has 180 valence electrons. The largest absolute Gasteiger partial charge is 0.485 e. The summed E-state index contributed by atoms with van der Waals surface area (Å²) in [6, 6.07) is 16.8. The zero-order chi connectivity index (χ0) is 25.1. The lowest BCUT2D eigenvalue weighted by Gasteiger charge is -2.21. The van der Waals surface area contributed by atoms with E-state index in [2.05, 4.69) is 15.6 Å². The Bertz CT molecular complexity index is 1440. The Hall–Kier alpha value is -4.20. The van der Waals surface area contributed by atoms with E-state index in [1.54, 1.807) is 13.8 Å². The van der Waals surface area contributed by atoms with Gasteiger partial charge in [0.25, 0.3) is 10.9 Å². The van der Waals surface area contributed by atoms with Crippen molar-refractivity contribution in [3.05, 3.63) is 86.3 Å². The molecule has 4 aromatic rings. The van der Waals surface area contributed by atoms with Gasteiger partial charge >= 0.3 is 5.97 Å². The van der Waals surface area contributed by atoms with Crippen LogP contribution in [0.25, 0.3) is 10.8 Å². The van der Waals surface area contributed by atoms with E-state index in [1.165, 1.54) is 7.11 Å². The number of rotatable bonds is 9. The minimum absolute atomic E-state index is 0.00906. The molecule has 1 aromatic heterocycles. The first-order valence-electron chi connectivity index (χ1n) is 11.3. The molecule has 0 aliphatic rings. The SMILES string of the molecule is COC(=O)C(Cc1ccc(Nc2nc(C)cc3ccccc23)cc1)Nc1c(OC(C)C)c(=O)c1=O. The van der Waals surface area contributed by atoms with E-state index in [0.717, 1.165) is 33.5 Å². The van der Waals surface area contributed by atoms with E-state index in [0.29, 0.717) is 0 Å². The number of benzene rings is 2. The summed E-state index contributed by atoms with van der Waals surface area (Å²) in [6.07, 6.45) is -0.0334. The van der Waals surface area contributed by atoms with Crippen LogP contribution in [0.15, 0.2) is 64.2 Å². The number of pyridine rings is 1. The van der Waals surface area contributed by atoms with Crippen molar-refractivity contribution in [1.29, 1.82) is 0 Å². The Morgan fingerprint density at radius 1 is 1.03 bits per heavy atom. The maximum Gasteiger partial charge on any atom is 0.328 e. The fourth-order valence-electron chi connectivity index (χ4n) is 3.88. The molecule has 8 heteroatoms. The Labute approximate surface area is 202 Å². The smallest absolute Gasteiger partial charge is 0.328 e. The van der Waals surface area contributed by atoms with E-state index in [4.69, 9.17) is 9.47 Å². The second kappa shape index (κ2) is 9.97. The molecule has 1 heterocycles. The number of esters is 1. The number of hydrogen-bond acceptors (Lipinski definition) is 8. The maximum absolute atomic E-state index is 12.4. The molecule has 0 saturated carbocycles. The Morgan fingerprint density at radius 2 is 1.74 bits per heavy atom. The molecule has 8 nitrogen and oxygen atoms in total. The number of ether oxygens (including phenoxy) is 2. The summed E-state index contributed by atoms with van der Waals surface area (Å²) in [4.78, 5) is 41.0. The topological polar surface area (TPSA) is 107 Å². The number of hydrogen-bond donors (Lipinski definition) is 2. The molecule has 4 rings (SSSR count). The van der Waals surface area contributed by atoms with Crippen LogP contribution in [0.3, 0.4) is 0 Å². The van der Waals surface area contributed by atoms with Crippen LogP contribution in [0, 0.1) is 6.92 Å². The van der Waals surface area contributed by atoms with Gasteiger partial charge in [0, 0.05) is 23.2 Å². The molecule has 1 unspecified atom stereocenters. The van der Waals surface area contributed by atoms with Crippen molar-refractivity contribution in [3.63, 3.8) is 0 Å². The fraction of sp³-hybridized carbons (Fsp3) is 0.259. The second-order valence-corrected chi connectivity index (χ2v) is 8.61. The van der Waals surface area contributed by atoms with Crippen molar-refractivity contribution >= 4 is 33.9 Å². The summed E-state index contributed by atoms with van der Waals surface area (Å²) in [5.41, 5.74) is 1.20. The van der Waals surface area contributed by atoms with Crippen LogP contribution >= 0.6 is 0 Å². The highest BCUT2D eigenvalue weighted by molar-refractivity contribution is 5.93. The summed E-state index contributed by atoms with van der Waals surface area (Å²) < 4.78 is 10.3. The molecule has 0 aliphatic heterocycles. The molecule has 2 N–H and O–H groups in total. The summed E-state index contributed by atoms with van der Waals surface area (Å²) in [6.45, 7) is 5.46. The number of aryl methyl sites for hydroxylation is 1. The minimum atomic E-state index is -0.862. The van der Waals surface area contributed by atoms with Gasteiger partial charge in [-0.1, -0.05) is 36.4 Å². The molecular weight excluding hydrogens is 446 g/mol. The van der Waals surface area contributed by atoms with Gasteiger partial charge in [-0.3, -0.25) is 9.59 Å². The molecule has 0 radical (unpaired) electrons. The Morgan fingerprint density at radius 3 is 2.43 bits per heavy atom. The Kier molecular flexibility index (Phi) is 6.82. The number of fused-ring (bicyclic) bond motifs is 1. The van der Waals surface area contributed by atoms with Crippen molar-refractivity contribution in [2.75, 3.05) is 17.7 Å². The van der Waals surface area contributed by atoms with E-state index < -0.39 is 22.9 Å². The third kappa shape index (κ3) is 5.16. The van der Waals surface area contributed by atoms with Crippen LogP contribution < -0.4 is 26.2 Å². The van der Waals surface area contributed by atoms with Gasteiger partial charge in [-0.05, 0) is 49.9 Å². The van der Waals surface area contributed by atoms with Gasteiger partial charge in [0.1, 0.15) is 17.5 Å². The van der Waals surface area contributed by atoms with Crippen molar-refractivity contribution < 1.29 is 14.3 Å². The van der Waals surface area contributed by atoms with Gasteiger partial charge in [-0.15, -0.1) is 0 Å². The summed E-state index contributed by atoms with van der Waals surface area (Å²) in [5.74, 6) is 0.169. The van der Waals surface area contributed by atoms with Gasteiger partial charge in [0.05, 0.1) is 13.2 Å². The molecule has 1 atom stereocenters. The lowest BCUT2D eigenvalue weighted by atomic mass is 10.0. The average Bonchev–Trinajstić information content (AvgIpc) is 2.85.